The maximum absolute atomic E-state index is 13.8. The molecule has 1 unspecified atom stereocenters. The van der Waals surface area contributed by atoms with Crippen LogP contribution in [0, 0.1) is 11.8 Å². The Bertz CT molecular complexity index is 1820. The predicted molar refractivity (Wildman–Crippen MR) is 142 cm³/mol. The summed E-state index contributed by atoms with van der Waals surface area (Å²) in [6.07, 6.45) is 4.86. The van der Waals surface area contributed by atoms with Gasteiger partial charge >= 0.3 is 5.97 Å². The minimum Gasteiger partial charge on any atom is -0.464 e. The summed E-state index contributed by atoms with van der Waals surface area (Å²) in [6, 6.07) is 24.1. The molecule has 0 saturated heterocycles. The van der Waals surface area contributed by atoms with E-state index in [1.54, 1.807) is 30.8 Å². The molecule has 0 bridgehead atoms. The van der Waals surface area contributed by atoms with Crippen LogP contribution in [-0.2, 0) is 14.5 Å². The van der Waals surface area contributed by atoms with Gasteiger partial charge in [-0.15, -0.1) is 0 Å². The number of methoxy groups -OCH3 is 1. The maximum atomic E-state index is 13.8. The molecule has 1 atom stereocenters. The van der Waals surface area contributed by atoms with E-state index in [9.17, 15) is 9.00 Å². The number of rotatable bonds is 3. The third-order valence-electron chi connectivity index (χ3n) is 5.69. The van der Waals surface area contributed by atoms with Gasteiger partial charge in [0.05, 0.1) is 44.1 Å². The van der Waals surface area contributed by atoms with Crippen LogP contribution < -0.4 is 0 Å². The normalized spacial score (nSPS) is 12.4. The van der Waals surface area contributed by atoms with Crippen LogP contribution in [-0.4, -0.2) is 33.5 Å². The number of pyridine rings is 2. The van der Waals surface area contributed by atoms with Crippen LogP contribution in [0.3, 0.4) is 0 Å². The van der Waals surface area contributed by atoms with Crippen molar-refractivity contribution in [3.8, 4) is 11.8 Å². The average Bonchev–Trinajstić information content (AvgIpc) is 2.91. The molecular weight excluding hydrogens is 470 g/mol. The van der Waals surface area contributed by atoms with Gasteiger partial charge in [-0.2, -0.15) is 4.36 Å². The minimum atomic E-state index is -2.82. The molecule has 176 valence electrons. The van der Waals surface area contributed by atoms with Crippen molar-refractivity contribution in [3.63, 3.8) is 0 Å². The monoisotopic (exact) mass is 491 g/mol. The van der Waals surface area contributed by atoms with E-state index in [1.807, 2.05) is 66.7 Å². The number of aromatic nitrogens is 2. The number of hydrogen-bond acceptors (Lipinski definition) is 6. The molecule has 3 aromatic carbocycles. The molecule has 36 heavy (non-hydrogen) atoms. The fourth-order valence-electron chi connectivity index (χ4n) is 3.96. The highest BCUT2D eigenvalue weighted by molar-refractivity contribution is 7.93. The zero-order valence-corrected chi connectivity index (χ0v) is 20.5. The predicted octanol–water partition coefficient (Wildman–Crippen LogP) is 5.76. The molecule has 0 spiro atoms. The second-order valence-electron chi connectivity index (χ2n) is 8.05. The first-order valence-corrected chi connectivity index (χ1v) is 13.0. The minimum absolute atomic E-state index is 0.239. The van der Waals surface area contributed by atoms with Crippen molar-refractivity contribution in [2.75, 3.05) is 13.4 Å². The molecule has 5 aromatic rings. The van der Waals surface area contributed by atoms with Crippen LogP contribution in [0.1, 0.15) is 21.6 Å². The van der Waals surface area contributed by atoms with Crippen molar-refractivity contribution < 1.29 is 13.7 Å². The molecular formula is C29H21N3O3S. The number of fused-ring (bicyclic) bond motifs is 2. The van der Waals surface area contributed by atoms with Crippen LogP contribution >= 0.6 is 0 Å². The van der Waals surface area contributed by atoms with Crippen LogP contribution in [0.4, 0.5) is 5.69 Å². The van der Waals surface area contributed by atoms with Crippen molar-refractivity contribution in [1.29, 1.82) is 0 Å². The van der Waals surface area contributed by atoms with Crippen LogP contribution in [0.25, 0.3) is 21.7 Å². The number of hydrogen-bond donors (Lipinski definition) is 0. The summed E-state index contributed by atoms with van der Waals surface area (Å²) in [4.78, 5) is 21.4. The lowest BCUT2D eigenvalue weighted by Crippen LogP contribution is -2.05. The van der Waals surface area contributed by atoms with Crippen molar-refractivity contribution in [1.82, 2.24) is 9.97 Å². The number of carbonyl (C=O) groups excluding carboxylic acids is 1. The standard InChI is InChI=1S/C29H21N3O3S/c1-35-29(33)28-24-13-5-4-12-23(24)22(19-31-28)17-16-20-9-3-6-14-25(20)32-36(2,34)26-15-7-10-21-11-8-18-30-27(21)26/h3-15,18-19H,1-2H3. The first kappa shape index (κ1) is 23.2. The van der Waals surface area contributed by atoms with Gasteiger partial charge in [-0.1, -0.05) is 66.4 Å². The van der Waals surface area contributed by atoms with E-state index < -0.39 is 15.7 Å². The van der Waals surface area contributed by atoms with E-state index in [0.717, 1.165) is 10.8 Å². The largest absolute Gasteiger partial charge is 0.464 e. The molecule has 0 N–H and O–H groups in total. The molecule has 5 rings (SSSR count). The lowest BCUT2D eigenvalue weighted by atomic mass is 10.0. The Kier molecular flexibility index (Phi) is 6.19. The SMILES string of the molecule is COC(=O)c1ncc(C#Cc2ccccc2N=S(C)(=O)c2cccc3cccnc23)c2ccccc12. The maximum Gasteiger partial charge on any atom is 0.357 e. The van der Waals surface area contributed by atoms with Gasteiger partial charge in [-0.3, -0.25) is 4.98 Å². The number of ether oxygens (including phenoxy) is 1. The molecule has 0 fully saturated rings. The smallest absolute Gasteiger partial charge is 0.357 e. The van der Waals surface area contributed by atoms with Crippen LogP contribution in [0.2, 0.25) is 0 Å². The van der Waals surface area contributed by atoms with Gasteiger partial charge in [-0.05, 0) is 24.3 Å². The Morgan fingerprint density at radius 2 is 1.58 bits per heavy atom. The lowest BCUT2D eigenvalue weighted by Gasteiger charge is -2.09. The molecule has 0 amide bonds. The molecule has 6 nitrogen and oxygen atoms in total. The average molecular weight is 492 g/mol. The third-order valence-corrected chi connectivity index (χ3v) is 7.38. The molecule has 0 aliphatic rings. The number of para-hydroxylation sites is 1. The third kappa shape index (κ3) is 4.42. The summed E-state index contributed by atoms with van der Waals surface area (Å²) in [7, 11) is -1.49. The summed E-state index contributed by atoms with van der Waals surface area (Å²) in [5.74, 6) is 5.80. The summed E-state index contributed by atoms with van der Waals surface area (Å²) >= 11 is 0. The van der Waals surface area contributed by atoms with Crippen molar-refractivity contribution in [2.24, 2.45) is 4.36 Å². The van der Waals surface area contributed by atoms with Gasteiger partial charge in [-0.25, -0.2) is 14.0 Å². The second kappa shape index (κ2) is 9.61. The topological polar surface area (TPSA) is 81.5 Å². The Morgan fingerprint density at radius 3 is 2.42 bits per heavy atom. The second-order valence-corrected chi connectivity index (χ2v) is 10.3. The summed E-state index contributed by atoms with van der Waals surface area (Å²) < 4.78 is 23.3. The number of carbonyl (C=O) groups is 1. The van der Waals surface area contributed by atoms with E-state index in [4.69, 9.17) is 4.74 Å². The quantitative estimate of drug-likeness (QED) is 0.237. The van der Waals surface area contributed by atoms with Gasteiger partial charge in [0.2, 0.25) is 0 Å². The van der Waals surface area contributed by atoms with E-state index in [2.05, 4.69) is 26.2 Å². The van der Waals surface area contributed by atoms with E-state index >= 15 is 0 Å². The number of nitrogens with zero attached hydrogens (tertiary/aromatic N) is 3. The molecule has 0 saturated carbocycles. The van der Waals surface area contributed by atoms with Gasteiger partial charge in [0.25, 0.3) is 0 Å². The first-order valence-electron chi connectivity index (χ1n) is 11.1. The van der Waals surface area contributed by atoms with Gasteiger partial charge < -0.3 is 4.74 Å². The highest BCUT2D eigenvalue weighted by atomic mass is 32.2. The highest BCUT2D eigenvalue weighted by Crippen LogP contribution is 2.27. The number of esters is 1. The van der Waals surface area contributed by atoms with Gasteiger partial charge in [0.1, 0.15) is 0 Å². The Labute approximate surface area is 209 Å². The molecule has 7 heteroatoms. The first-order chi connectivity index (χ1) is 17.5. The highest BCUT2D eigenvalue weighted by Gasteiger charge is 2.14. The summed E-state index contributed by atoms with van der Waals surface area (Å²) in [5.41, 5.74) is 2.71. The molecule has 2 heterocycles. The fraction of sp³-hybridized carbons (Fsp3) is 0.0690. The van der Waals surface area contributed by atoms with E-state index in [1.165, 1.54) is 7.11 Å². The molecule has 0 aliphatic heterocycles. The molecule has 0 aliphatic carbocycles. The molecule has 0 radical (unpaired) electrons. The van der Waals surface area contributed by atoms with E-state index in [0.29, 0.717) is 32.6 Å². The zero-order chi connectivity index (χ0) is 25.1. The van der Waals surface area contributed by atoms with Gasteiger partial charge in [0.15, 0.2) is 5.69 Å². The Morgan fingerprint density at radius 1 is 0.861 bits per heavy atom. The van der Waals surface area contributed by atoms with Gasteiger partial charge in [0, 0.05) is 34.8 Å². The van der Waals surface area contributed by atoms with Crippen molar-refractivity contribution >= 4 is 43.1 Å². The summed E-state index contributed by atoms with van der Waals surface area (Å²) in [5, 5.41) is 2.35. The zero-order valence-electron chi connectivity index (χ0n) is 19.6. The fourth-order valence-corrected chi connectivity index (χ4v) is 5.46. The van der Waals surface area contributed by atoms with Crippen molar-refractivity contribution in [3.05, 3.63) is 108 Å². The summed E-state index contributed by atoms with van der Waals surface area (Å²) in [6.45, 7) is 0. The lowest BCUT2D eigenvalue weighted by molar-refractivity contribution is 0.0596. The molecule has 2 aromatic heterocycles. The van der Waals surface area contributed by atoms with E-state index in [-0.39, 0.29) is 5.69 Å². The van der Waals surface area contributed by atoms with Crippen LogP contribution in [0.15, 0.2) is 101 Å². The van der Waals surface area contributed by atoms with Crippen molar-refractivity contribution in [2.45, 2.75) is 4.90 Å². The Balaban J connectivity index is 1.61. The Hall–Kier alpha value is -4.54. The van der Waals surface area contributed by atoms with Crippen LogP contribution in [0.5, 0.6) is 0 Å². The number of benzene rings is 3.